The van der Waals surface area contributed by atoms with E-state index in [2.05, 4.69) is 11.7 Å². The van der Waals surface area contributed by atoms with Gasteiger partial charge in [-0.15, -0.1) is 13.2 Å². The Morgan fingerprint density at radius 1 is 0.900 bits per heavy atom. The van der Waals surface area contributed by atoms with Gasteiger partial charge in [0, 0.05) is 5.56 Å². The third-order valence-corrected chi connectivity index (χ3v) is 7.16. The van der Waals surface area contributed by atoms with Crippen molar-refractivity contribution >= 4 is 0 Å². The fraction of sp³-hybridized carbons (Fsp3) is 0.520. The van der Waals surface area contributed by atoms with Crippen molar-refractivity contribution in [1.82, 2.24) is 0 Å². The molecule has 2 aliphatic rings. The second-order valence-electron chi connectivity index (χ2n) is 8.93. The Morgan fingerprint density at radius 2 is 1.60 bits per heavy atom. The molecular weight excluding hydrogens is 392 g/mol. The molecule has 1 nitrogen and oxygen atoms in total. The maximum Gasteiger partial charge on any atom is 0.573 e. The van der Waals surface area contributed by atoms with Gasteiger partial charge in [0.15, 0.2) is 0 Å². The van der Waals surface area contributed by atoms with Crippen molar-refractivity contribution < 1.29 is 22.3 Å². The third kappa shape index (κ3) is 4.81. The molecule has 0 bridgehead atoms. The van der Waals surface area contributed by atoms with E-state index >= 15 is 0 Å². The first kappa shape index (κ1) is 21.2. The summed E-state index contributed by atoms with van der Waals surface area (Å²) in [7, 11) is 0. The molecule has 0 amide bonds. The molecule has 2 aromatic carbocycles. The molecule has 0 N–H and O–H groups in total. The number of benzene rings is 2. The number of fused-ring (bicyclic) bond motifs is 1. The highest BCUT2D eigenvalue weighted by Crippen LogP contribution is 2.48. The van der Waals surface area contributed by atoms with Crippen molar-refractivity contribution in [1.29, 1.82) is 0 Å². The summed E-state index contributed by atoms with van der Waals surface area (Å²) in [6.07, 6.45) is 4.01. The lowest BCUT2D eigenvalue weighted by Gasteiger charge is -2.42. The Morgan fingerprint density at radius 3 is 2.27 bits per heavy atom. The van der Waals surface area contributed by atoms with Gasteiger partial charge in [0.2, 0.25) is 0 Å². The molecule has 0 spiro atoms. The van der Waals surface area contributed by atoms with Gasteiger partial charge in [-0.05, 0) is 85.1 Å². The van der Waals surface area contributed by atoms with Crippen LogP contribution in [0.2, 0.25) is 0 Å². The van der Waals surface area contributed by atoms with Gasteiger partial charge in [0.25, 0.3) is 0 Å². The molecular formula is C25H28F4O. The molecule has 4 rings (SSSR count). The molecule has 2 aromatic rings. The number of ether oxygens (including phenoxy) is 1. The topological polar surface area (TPSA) is 9.23 Å². The molecule has 0 aliphatic heterocycles. The van der Waals surface area contributed by atoms with Crippen LogP contribution in [0, 0.1) is 23.6 Å². The number of hydrogen-bond donors (Lipinski definition) is 0. The normalized spacial score (nSPS) is 26.8. The van der Waals surface area contributed by atoms with Gasteiger partial charge in [0.05, 0.1) is 0 Å². The molecule has 0 radical (unpaired) electrons. The number of rotatable bonds is 4. The lowest BCUT2D eigenvalue weighted by molar-refractivity contribution is -0.274. The molecule has 5 heteroatoms. The maximum absolute atomic E-state index is 14.9. The standard InChI is InChI=1S/C25H28F4O/c1-2-16-3-4-19-14-20(6-5-18(19)13-16)21-9-12-23(24(26)15-21)17-7-10-22(11-8-17)30-25(27,28)29/h7-12,15-16,18-20H,2-6,13-14H2,1H3/t16?,18-,19-,20-/m1/s1. The Bertz CT molecular complexity index is 858. The summed E-state index contributed by atoms with van der Waals surface area (Å²) in [4.78, 5) is 0. The minimum absolute atomic E-state index is 0.308. The van der Waals surface area contributed by atoms with Gasteiger partial charge >= 0.3 is 6.36 Å². The summed E-state index contributed by atoms with van der Waals surface area (Å²) in [5.41, 5.74) is 1.98. The Kier molecular flexibility index (Phi) is 6.08. The quantitative estimate of drug-likeness (QED) is 0.454. The smallest absolute Gasteiger partial charge is 0.406 e. The molecule has 2 fully saturated rings. The molecule has 2 saturated carbocycles. The van der Waals surface area contributed by atoms with Crippen molar-refractivity contribution in [2.24, 2.45) is 17.8 Å². The zero-order valence-electron chi connectivity index (χ0n) is 17.2. The Balaban J connectivity index is 1.45. The molecule has 1 unspecified atom stereocenters. The van der Waals surface area contributed by atoms with E-state index in [9.17, 15) is 17.6 Å². The van der Waals surface area contributed by atoms with E-state index in [1.807, 2.05) is 6.07 Å². The predicted octanol–water partition coefficient (Wildman–Crippen LogP) is 8.10. The highest BCUT2D eigenvalue weighted by Gasteiger charge is 2.35. The molecule has 0 aromatic heterocycles. The highest BCUT2D eigenvalue weighted by atomic mass is 19.4. The number of hydrogen-bond acceptors (Lipinski definition) is 1. The second-order valence-corrected chi connectivity index (χ2v) is 8.93. The molecule has 30 heavy (non-hydrogen) atoms. The summed E-state index contributed by atoms with van der Waals surface area (Å²) < 4.78 is 55.7. The van der Waals surface area contributed by atoms with E-state index in [0.717, 1.165) is 36.2 Å². The van der Waals surface area contributed by atoms with Crippen LogP contribution in [0.3, 0.4) is 0 Å². The second kappa shape index (κ2) is 8.60. The molecule has 0 heterocycles. The average Bonchev–Trinajstić information content (AvgIpc) is 2.72. The van der Waals surface area contributed by atoms with E-state index in [0.29, 0.717) is 17.0 Å². The fourth-order valence-electron chi connectivity index (χ4n) is 5.52. The van der Waals surface area contributed by atoms with Crippen LogP contribution in [0.1, 0.15) is 63.4 Å². The first-order chi connectivity index (χ1) is 14.3. The van der Waals surface area contributed by atoms with Gasteiger partial charge in [-0.25, -0.2) is 4.39 Å². The zero-order valence-corrected chi connectivity index (χ0v) is 17.2. The molecule has 0 saturated heterocycles. The van der Waals surface area contributed by atoms with Gasteiger partial charge in [-0.2, -0.15) is 0 Å². The SMILES string of the molecule is CCC1CC[C@@H]2C[C@H](c3ccc(-c4ccc(OC(F)(F)F)cc4)c(F)c3)CC[C@@H]2C1. The fourth-order valence-corrected chi connectivity index (χ4v) is 5.52. The van der Waals surface area contributed by atoms with Crippen LogP contribution in [0.25, 0.3) is 11.1 Å². The van der Waals surface area contributed by atoms with Crippen molar-refractivity contribution in [2.45, 2.75) is 64.1 Å². The summed E-state index contributed by atoms with van der Waals surface area (Å²) >= 11 is 0. The Labute approximate surface area is 175 Å². The molecule has 162 valence electrons. The van der Waals surface area contributed by atoms with Crippen LogP contribution in [-0.2, 0) is 0 Å². The number of halogens is 4. The summed E-state index contributed by atoms with van der Waals surface area (Å²) in [5, 5.41) is 0. The molecule has 2 aliphatic carbocycles. The van der Waals surface area contributed by atoms with Gasteiger partial charge in [-0.1, -0.05) is 44.0 Å². The summed E-state index contributed by atoms with van der Waals surface area (Å²) in [6.45, 7) is 2.29. The Hall–Kier alpha value is -2.04. The maximum atomic E-state index is 14.9. The molecule has 4 atom stereocenters. The van der Waals surface area contributed by atoms with Gasteiger partial charge < -0.3 is 4.74 Å². The minimum atomic E-state index is -4.73. The monoisotopic (exact) mass is 420 g/mol. The lowest BCUT2D eigenvalue weighted by Crippen LogP contribution is -2.30. The van der Waals surface area contributed by atoms with E-state index in [1.165, 1.54) is 56.4 Å². The van der Waals surface area contributed by atoms with Crippen LogP contribution < -0.4 is 4.74 Å². The van der Waals surface area contributed by atoms with Crippen LogP contribution >= 0.6 is 0 Å². The zero-order chi connectivity index (χ0) is 21.3. The first-order valence-electron chi connectivity index (χ1n) is 11.0. The van der Waals surface area contributed by atoms with Crippen LogP contribution in [-0.4, -0.2) is 6.36 Å². The third-order valence-electron chi connectivity index (χ3n) is 7.16. The van der Waals surface area contributed by atoms with Crippen molar-refractivity contribution in [3.05, 3.63) is 53.8 Å². The largest absolute Gasteiger partial charge is 0.573 e. The van der Waals surface area contributed by atoms with Crippen LogP contribution in [0.15, 0.2) is 42.5 Å². The average molecular weight is 420 g/mol. The number of alkyl halides is 3. The highest BCUT2D eigenvalue weighted by molar-refractivity contribution is 5.65. The van der Waals surface area contributed by atoms with E-state index in [4.69, 9.17) is 0 Å². The van der Waals surface area contributed by atoms with Crippen molar-refractivity contribution in [2.75, 3.05) is 0 Å². The van der Waals surface area contributed by atoms with Crippen LogP contribution in [0.5, 0.6) is 5.75 Å². The first-order valence-corrected chi connectivity index (χ1v) is 11.0. The van der Waals surface area contributed by atoms with Crippen molar-refractivity contribution in [3.8, 4) is 16.9 Å². The summed E-state index contributed by atoms with van der Waals surface area (Å²) in [5.74, 6) is 2.24. The van der Waals surface area contributed by atoms with Gasteiger partial charge in [-0.3, -0.25) is 0 Å². The van der Waals surface area contributed by atoms with Crippen molar-refractivity contribution in [3.63, 3.8) is 0 Å². The van der Waals surface area contributed by atoms with E-state index in [1.54, 1.807) is 12.1 Å². The predicted molar refractivity (Wildman–Crippen MR) is 110 cm³/mol. The summed E-state index contributed by atoms with van der Waals surface area (Å²) in [6, 6.07) is 10.7. The van der Waals surface area contributed by atoms with Crippen LogP contribution in [0.4, 0.5) is 17.6 Å². The van der Waals surface area contributed by atoms with E-state index in [-0.39, 0.29) is 11.6 Å². The van der Waals surface area contributed by atoms with E-state index < -0.39 is 6.36 Å². The lowest BCUT2D eigenvalue weighted by atomic mass is 9.63. The minimum Gasteiger partial charge on any atom is -0.406 e. The van der Waals surface area contributed by atoms with Gasteiger partial charge in [0.1, 0.15) is 11.6 Å².